The number of benzene rings is 1. The third-order valence-electron chi connectivity index (χ3n) is 2.06. The number of hydrogen-bond donors (Lipinski definition) is 2. The monoisotopic (exact) mass is 378 g/mol. The number of amides is 1. The zero-order valence-electron chi connectivity index (χ0n) is 9.84. The molecule has 2 N–H and O–H groups in total. The van der Waals surface area contributed by atoms with Crippen LogP contribution in [0.4, 0.5) is 5.69 Å². The molecule has 98 valence electrons. The maximum Gasteiger partial charge on any atom is 0.340 e. The van der Waals surface area contributed by atoms with Crippen LogP contribution in [-0.2, 0) is 9.53 Å². The van der Waals surface area contributed by atoms with Crippen LogP contribution in [0, 0.1) is 0 Å². The molecule has 0 saturated heterocycles. The molecule has 0 aliphatic carbocycles. The third kappa shape index (κ3) is 3.79. The van der Waals surface area contributed by atoms with Gasteiger partial charge in [-0.05, 0) is 35.1 Å². The number of ether oxygens (including phenoxy) is 1. The van der Waals surface area contributed by atoms with Gasteiger partial charge in [-0.25, -0.2) is 4.79 Å². The van der Waals surface area contributed by atoms with Crippen LogP contribution in [-0.4, -0.2) is 32.6 Å². The summed E-state index contributed by atoms with van der Waals surface area (Å²) in [4.78, 5) is 23.2. The van der Waals surface area contributed by atoms with E-state index in [1.54, 1.807) is 19.2 Å². The van der Waals surface area contributed by atoms with Crippen molar-refractivity contribution in [2.75, 3.05) is 26.0 Å². The zero-order chi connectivity index (χ0) is 13.7. The van der Waals surface area contributed by atoms with E-state index in [1.807, 2.05) is 0 Å². The summed E-state index contributed by atoms with van der Waals surface area (Å²) in [6.07, 6.45) is 0. The molecule has 0 heterocycles. The van der Waals surface area contributed by atoms with E-state index in [0.29, 0.717) is 14.6 Å². The molecule has 0 radical (unpaired) electrons. The Hall–Kier alpha value is -0.920. The van der Waals surface area contributed by atoms with Crippen molar-refractivity contribution in [3.8, 4) is 0 Å². The first-order chi connectivity index (χ1) is 8.49. The Kier molecular flexibility index (Phi) is 5.77. The van der Waals surface area contributed by atoms with Crippen LogP contribution in [0.5, 0.6) is 0 Å². The number of likely N-dealkylation sites (N-methyl/N-ethyl adjacent to an activating group) is 1. The van der Waals surface area contributed by atoms with E-state index < -0.39 is 5.97 Å². The van der Waals surface area contributed by atoms with Crippen LogP contribution >= 0.6 is 31.9 Å². The average Bonchev–Trinajstić information content (AvgIpc) is 2.31. The number of nitrogens with one attached hydrogen (secondary N) is 2. The van der Waals surface area contributed by atoms with Crippen LogP contribution in [0.2, 0.25) is 0 Å². The largest absolute Gasteiger partial charge is 0.465 e. The molecular weight excluding hydrogens is 368 g/mol. The molecular formula is C11H12Br2N2O3. The number of halogens is 2. The number of hydrogen-bond acceptors (Lipinski definition) is 4. The van der Waals surface area contributed by atoms with E-state index in [0.717, 1.165) is 0 Å². The minimum atomic E-state index is -0.517. The Morgan fingerprint density at radius 1 is 1.33 bits per heavy atom. The second kappa shape index (κ2) is 6.86. The standard InChI is InChI=1S/C11H12Br2N2O3/c1-14-5-9(16)15-10-7(11(17)18-2)3-6(12)4-8(10)13/h3-4,14H,5H2,1-2H3,(H,15,16). The molecule has 0 bridgehead atoms. The SMILES string of the molecule is CNCC(=O)Nc1c(Br)cc(Br)cc1C(=O)OC. The fraction of sp³-hybridized carbons (Fsp3) is 0.273. The molecule has 0 atom stereocenters. The van der Waals surface area contributed by atoms with Gasteiger partial charge in [0.05, 0.1) is 24.9 Å². The fourth-order valence-corrected chi connectivity index (χ4v) is 2.64. The Bertz CT molecular complexity index is 478. The predicted octanol–water partition coefficient (Wildman–Crippen LogP) is 2.16. The molecule has 18 heavy (non-hydrogen) atoms. The molecule has 0 unspecified atom stereocenters. The first-order valence-corrected chi connectivity index (χ1v) is 6.60. The number of carbonyl (C=O) groups is 2. The summed E-state index contributed by atoms with van der Waals surface area (Å²) in [6, 6.07) is 3.33. The Morgan fingerprint density at radius 2 is 2.00 bits per heavy atom. The van der Waals surface area contributed by atoms with Crippen LogP contribution in [0.25, 0.3) is 0 Å². The van der Waals surface area contributed by atoms with Crippen molar-refractivity contribution >= 4 is 49.4 Å². The van der Waals surface area contributed by atoms with Crippen LogP contribution in [0.1, 0.15) is 10.4 Å². The van der Waals surface area contributed by atoms with Gasteiger partial charge >= 0.3 is 5.97 Å². The maximum absolute atomic E-state index is 11.6. The molecule has 1 aromatic rings. The van der Waals surface area contributed by atoms with Gasteiger partial charge in [-0.1, -0.05) is 15.9 Å². The molecule has 0 spiro atoms. The van der Waals surface area contributed by atoms with E-state index in [9.17, 15) is 9.59 Å². The van der Waals surface area contributed by atoms with Crippen LogP contribution < -0.4 is 10.6 Å². The van der Waals surface area contributed by atoms with Gasteiger partial charge in [0.2, 0.25) is 5.91 Å². The Labute approximate surface area is 122 Å². The van der Waals surface area contributed by atoms with Gasteiger partial charge in [-0.15, -0.1) is 0 Å². The summed E-state index contributed by atoms with van der Waals surface area (Å²) in [7, 11) is 2.95. The van der Waals surface area contributed by atoms with Crippen molar-refractivity contribution in [2.45, 2.75) is 0 Å². The fourth-order valence-electron chi connectivity index (χ4n) is 1.32. The van der Waals surface area contributed by atoms with Crippen molar-refractivity contribution in [1.82, 2.24) is 5.32 Å². The lowest BCUT2D eigenvalue weighted by atomic mass is 10.2. The normalized spacial score (nSPS) is 10.0. The highest BCUT2D eigenvalue weighted by Gasteiger charge is 2.17. The number of methoxy groups -OCH3 is 1. The van der Waals surface area contributed by atoms with Crippen LogP contribution in [0.15, 0.2) is 21.1 Å². The van der Waals surface area contributed by atoms with Crippen molar-refractivity contribution in [2.24, 2.45) is 0 Å². The van der Waals surface area contributed by atoms with Gasteiger partial charge in [0.1, 0.15) is 0 Å². The van der Waals surface area contributed by atoms with E-state index >= 15 is 0 Å². The summed E-state index contributed by atoms with van der Waals surface area (Å²) < 4.78 is 5.99. The summed E-state index contributed by atoms with van der Waals surface area (Å²) in [5.74, 6) is -0.762. The maximum atomic E-state index is 11.6. The minimum Gasteiger partial charge on any atom is -0.465 e. The molecule has 7 heteroatoms. The van der Waals surface area contributed by atoms with Gasteiger partial charge in [0, 0.05) is 8.95 Å². The van der Waals surface area contributed by atoms with Gasteiger partial charge in [0.25, 0.3) is 0 Å². The molecule has 0 aliphatic rings. The van der Waals surface area contributed by atoms with Gasteiger partial charge in [-0.3, -0.25) is 4.79 Å². The Morgan fingerprint density at radius 3 is 2.56 bits per heavy atom. The van der Waals surface area contributed by atoms with Crippen LogP contribution in [0.3, 0.4) is 0 Å². The predicted molar refractivity (Wildman–Crippen MR) is 75.7 cm³/mol. The summed E-state index contributed by atoms with van der Waals surface area (Å²) in [6.45, 7) is 0.156. The van der Waals surface area contributed by atoms with Gasteiger partial charge in [-0.2, -0.15) is 0 Å². The second-order valence-electron chi connectivity index (χ2n) is 3.38. The lowest BCUT2D eigenvalue weighted by Crippen LogP contribution is -2.26. The number of anilines is 1. The molecule has 1 amide bonds. The number of rotatable bonds is 4. The van der Waals surface area contributed by atoms with Gasteiger partial charge < -0.3 is 15.4 Å². The molecule has 0 saturated carbocycles. The van der Waals surface area contributed by atoms with E-state index in [1.165, 1.54) is 7.11 Å². The third-order valence-corrected chi connectivity index (χ3v) is 3.15. The molecule has 0 aliphatic heterocycles. The number of esters is 1. The average molecular weight is 380 g/mol. The lowest BCUT2D eigenvalue weighted by Gasteiger charge is -2.12. The smallest absolute Gasteiger partial charge is 0.340 e. The van der Waals surface area contributed by atoms with Crippen molar-refractivity contribution < 1.29 is 14.3 Å². The highest BCUT2D eigenvalue weighted by molar-refractivity contribution is 9.11. The zero-order valence-corrected chi connectivity index (χ0v) is 13.0. The van der Waals surface area contributed by atoms with E-state index in [4.69, 9.17) is 0 Å². The molecule has 0 aromatic heterocycles. The molecule has 0 fully saturated rings. The lowest BCUT2D eigenvalue weighted by molar-refractivity contribution is -0.115. The second-order valence-corrected chi connectivity index (χ2v) is 5.15. The quantitative estimate of drug-likeness (QED) is 0.786. The highest BCUT2D eigenvalue weighted by atomic mass is 79.9. The first kappa shape index (κ1) is 15.1. The Balaban J connectivity index is 3.15. The molecule has 5 nitrogen and oxygen atoms in total. The van der Waals surface area contributed by atoms with Crippen molar-refractivity contribution in [1.29, 1.82) is 0 Å². The van der Waals surface area contributed by atoms with E-state index in [-0.39, 0.29) is 18.0 Å². The minimum absolute atomic E-state index is 0.156. The molecule has 1 aromatic carbocycles. The number of carbonyl (C=O) groups excluding carboxylic acids is 2. The van der Waals surface area contributed by atoms with E-state index in [2.05, 4.69) is 47.2 Å². The molecule has 1 rings (SSSR count). The van der Waals surface area contributed by atoms with Crippen molar-refractivity contribution in [3.05, 3.63) is 26.6 Å². The van der Waals surface area contributed by atoms with Crippen molar-refractivity contribution in [3.63, 3.8) is 0 Å². The summed E-state index contributed by atoms with van der Waals surface area (Å²) >= 11 is 6.58. The summed E-state index contributed by atoms with van der Waals surface area (Å²) in [5, 5.41) is 5.38. The first-order valence-electron chi connectivity index (χ1n) is 5.01. The summed E-state index contributed by atoms with van der Waals surface area (Å²) in [5.41, 5.74) is 0.675. The highest BCUT2D eigenvalue weighted by Crippen LogP contribution is 2.31. The van der Waals surface area contributed by atoms with Gasteiger partial charge in [0.15, 0.2) is 0 Å². The topological polar surface area (TPSA) is 67.4 Å².